The van der Waals surface area contributed by atoms with Crippen LogP contribution in [-0.2, 0) is 0 Å². The van der Waals surface area contributed by atoms with Gasteiger partial charge in [-0.15, -0.1) is 0 Å². The Balaban J connectivity index is 1.17. The summed E-state index contributed by atoms with van der Waals surface area (Å²) in [5, 5.41) is 9.14. The summed E-state index contributed by atoms with van der Waals surface area (Å²) >= 11 is 0. The molecule has 0 aliphatic rings. The molecule has 0 amide bonds. The minimum Gasteiger partial charge on any atom is -0.437 e. The number of benzene rings is 8. The molecular formula is C47H30N2O. The van der Waals surface area contributed by atoms with Crippen LogP contribution >= 0.6 is 0 Å². The number of pyridine rings is 1. The molecule has 0 unspecified atom stereocenters. The van der Waals surface area contributed by atoms with Crippen molar-refractivity contribution < 1.29 is 4.42 Å². The molecule has 0 atom stereocenters. The van der Waals surface area contributed by atoms with E-state index in [4.69, 9.17) is 4.42 Å². The molecule has 3 heteroatoms. The topological polar surface area (TPSA) is 29.3 Å². The van der Waals surface area contributed by atoms with E-state index in [1.54, 1.807) is 6.20 Å². The lowest BCUT2D eigenvalue weighted by Gasteiger charge is -2.27. The summed E-state index contributed by atoms with van der Waals surface area (Å²) in [6.07, 6.45) is 1.79. The van der Waals surface area contributed by atoms with E-state index in [1.165, 1.54) is 33.0 Å². The normalized spacial score (nSPS) is 11.6. The van der Waals surface area contributed by atoms with Gasteiger partial charge >= 0.3 is 0 Å². The minimum absolute atomic E-state index is 0.661. The van der Waals surface area contributed by atoms with Crippen molar-refractivity contribution in [2.24, 2.45) is 0 Å². The number of hydrogen-bond donors (Lipinski definition) is 0. The highest BCUT2D eigenvalue weighted by Gasteiger charge is 2.18. The van der Waals surface area contributed by atoms with Gasteiger partial charge in [0.2, 0.25) is 5.71 Å². The Morgan fingerprint density at radius 3 is 1.94 bits per heavy atom. The Kier molecular flexibility index (Phi) is 6.49. The number of rotatable bonds is 5. The van der Waals surface area contributed by atoms with E-state index >= 15 is 0 Å². The molecule has 234 valence electrons. The summed E-state index contributed by atoms with van der Waals surface area (Å²) in [7, 11) is 0. The smallest absolute Gasteiger partial charge is 0.227 e. The second-order valence-electron chi connectivity index (χ2n) is 12.8. The van der Waals surface area contributed by atoms with Gasteiger partial charge in [0.05, 0.1) is 0 Å². The van der Waals surface area contributed by atoms with E-state index in [0.717, 1.165) is 55.0 Å². The monoisotopic (exact) mass is 638 g/mol. The van der Waals surface area contributed by atoms with Crippen LogP contribution in [0.4, 0.5) is 17.1 Å². The van der Waals surface area contributed by atoms with Crippen LogP contribution in [0.2, 0.25) is 0 Å². The fourth-order valence-electron chi connectivity index (χ4n) is 7.41. The van der Waals surface area contributed by atoms with E-state index in [2.05, 4.69) is 180 Å². The first-order valence-corrected chi connectivity index (χ1v) is 16.9. The maximum Gasteiger partial charge on any atom is 0.227 e. The molecule has 2 aromatic heterocycles. The molecule has 0 radical (unpaired) electrons. The van der Waals surface area contributed by atoms with E-state index in [9.17, 15) is 0 Å². The second kappa shape index (κ2) is 11.5. The Morgan fingerprint density at radius 2 is 1.04 bits per heavy atom. The lowest BCUT2D eigenvalue weighted by atomic mass is 9.98. The van der Waals surface area contributed by atoms with Crippen molar-refractivity contribution >= 4 is 71.4 Å². The Labute approximate surface area is 289 Å². The number of aromatic nitrogens is 1. The van der Waals surface area contributed by atoms with Crippen LogP contribution in [0.5, 0.6) is 0 Å². The standard InChI is InChI=1S/C47H30N2O/c1-2-8-31(9-3-1)37-12-6-13-40(29-37)49(39-23-19-33(20-24-39)38-18-15-32-10-4-5-11-36(32)28-38)41-25-21-34-16-17-35-22-26-42-43-14-7-27-48-47(43)50-46(42)45(35)44(34)30-41/h1-30H. The van der Waals surface area contributed by atoms with Crippen molar-refractivity contribution in [2.45, 2.75) is 0 Å². The SMILES string of the molecule is c1ccc(-c2cccc(N(c3ccc(-c4ccc5ccccc5c4)cc3)c3ccc4ccc5ccc6c7cccnc7oc6c5c4c3)c2)cc1. The van der Waals surface area contributed by atoms with Gasteiger partial charge in [0.1, 0.15) is 5.58 Å². The van der Waals surface area contributed by atoms with Gasteiger partial charge in [0.15, 0.2) is 0 Å². The predicted octanol–water partition coefficient (Wildman–Crippen LogP) is 13.2. The highest BCUT2D eigenvalue weighted by atomic mass is 16.3. The maximum atomic E-state index is 6.47. The molecule has 0 aliphatic heterocycles. The van der Waals surface area contributed by atoms with Crippen LogP contribution < -0.4 is 4.90 Å². The summed E-state index contributed by atoms with van der Waals surface area (Å²) in [6.45, 7) is 0. The first-order chi connectivity index (χ1) is 24.8. The molecule has 0 saturated carbocycles. The van der Waals surface area contributed by atoms with Crippen LogP contribution in [0, 0.1) is 0 Å². The van der Waals surface area contributed by atoms with Gasteiger partial charge in [-0.05, 0) is 110 Å². The average Bonchev–Trinajstić information content (AvgIpc) is 3.57. The molecule has 0 saturated heterocycles. The Morgan fingerprint density at radius 1 is 0.380 bits per heavy atom. The van der Waals surface area contributed by atoms with E-state index in [-0.39, 0.29) is 0 Å². The lowest BCUT2D eigenvalue weighted by Crippen LogP contribution is -2.10. The van der Waals surface area contributed by atoms with Gasteiger partial charge in [-0.2, -0.15) is 0 Å². The molecule has 0 aliphatic carbocycles. The van der Waals surface area contributed by atoms with Crippen LogP contribution in [0.15, 0.2) is 187 Å². The van der Waals surface area contributed by atoms with Gasteiger partial charge in [-0.25, -0.2) is 4.98 Å². The third-order valence-electron chi connectivity index (χ3n) is 9.88. The quantitative estimate of drug-likeness (QED) is 0.176. The molecule has 2 heterocycles. The zero-order valence-corrected chi connectivity index (χ0v) is 27.1. The van der Waals surface area contributed by atoms with Crippen LogP contribution in [0.1, 0.15) is 0 Å². The highest BCUT2D eigenvalue weighted by molar-refractivity contribution is 6.23. The summed E-state index contributed by atoms with van der Waals surface area (Å²) in [6, 6.07) is 63.0. The Hall–Kier alpha value is -6.71. The molecular weight excluding hydrogens is 609 g/mol. The largest absolute Gasteiger partial charge is 0.437 e. The molecule has 10 rings (SSSR count). The van der Waals surface area contributed by atoms with Gasteiger partial charge < -0.3 is 9.32 Å². The first-order valence-electron chi connectivity index (χ1n) is 16.9. The van der Waals surface area contributed by atoms with Crippen molar-refractivity contribution in [2.75, 3.05) is 4.90 Å². The number of hydrogen-bond acceptors (Lipinski definition) is 3. The van der Waals surface area contributed by atoms with Crippen molar-refractivity contribution in [1.82, 2.24) is 4.98 Å². The third kappa shape index (κ3) is 4.71. The summed E-state index contributed by atoms with van der Waals surface area (Å²) < 4.78 is 6.47. The highest BCUT2D eigenvalue weighted by Crippen LogP contribution is 2.42. The number of furan rings is 1. The second-order valence-corrected chi connectivity index (χ2v) is 12.8. The van der Waals surface area contributed by atoms with E-state index in [1.807, 2.05) is 6.07 Å². The fraction of sp³-hybridized carbons (Fsp3) is 0. The third-order valence-corrected chi connectivity index (χ3v) is 9.88. The summed E-state index contributed by atoms with van der Waals surface area (Å²) in [4.78, 5) is 6.89. The Bertz CT molecular complexity index is 2870. The van der Waals surface area contributed by atoms with Crippen molar-refractivity contribution in [3.05, 3.63) is 182 Å². The van der Waals surface area contributed by atoms with Crippen molar-refractivity contribution in [3.63, 3.8) is 0 Å². The van der Waals surface area contributed by atoms with Gasteiger partial charge in [0.25, 0.3) is 0 Å². The maximum absolute atomic E-state index is 6.47. The lowest BCUT2D eigenvalue weighted by molar-refractivity contribution is 0.658. The van der Waals surface area contributed by atoms with Crippen molar-refractivity contribution in [1.29, 1.82) is 0 Å². The minimum atomic E-state index is 0.661. The zero-order valence-electron chi connectivity index (χ0n) is 27.1. The zero-order chi connectivity index (χ0) is 33.0. The van der Waals surface area contributed by atoms with Crippen LogP contribution in [-0.4, -0.2) is 4.98 Å². The molecule has 0 spiro atoms. The molecule has 3 nitrogen and oxygen atoms in total. The van der Waals surface area contributed by atoms with Gasteiger partial charge in [-0.1, -0.05) is 115 Å². The number of nitrogens with zero attached hydrogens (tertiary/aromatic N) is 2. The van der Waals surface area contributed by atoms with E-state index in [0.29, 0.717) is 5.71 Å². The molecule has 0 fully saturated rings. The van der Waals surface area contributed by atoms with Crippen LogP contribution in [0.3, 0.4) is 0 Å². The average molecular weight is 639 g/mol. The molecule has 0 N–H and O–H groups in total. The summed E-state index contributed by atoms with van der Waals surface area (Å²) in [5.74, 6) is 0. The van der Waals surface area contributed by atoms with E-state index < -0.39 is 0 Å². The van der Waals surface area contributed by atoms with Crippen LogP contribution in [0.25, 0.3) is 76.6 Å². The number of fused-ring (bicyclic) bond motifs is 8. The molecule has 0 bridgehead atoms. The molecule has 8 aromatic carbocycles. The van der Waals surface area contributed by atoms with Gasteiger partial charge in [0, 0.05) is 39.4 Å². The molecule has 50 heavy (non-hydrogen) atoms. The summed E-state index contributed by atoms with van der Waals surface area (Å²) in [5.41, 5.74) is 9.51. The molecule has 10 aromatic rings. The number of anilines is 3. The first kappa shape index (κ1) is 28.3. The van der Waals surface area contributed by atoms with Crippen molar-refractivity contribution in [3.8, 4) is 22.3 Å². The fourth-order valence-corrected chi connectivity index (χ4v) is 7.41. The van der Waals surface area contributed by atoms with Gasteiger partial charge in [-0.3, -0.25) is 0 Å². The predicted molar refractivity (Wildman–Crippen MR) is 210 cm³/mol.